The summed E-state index contributed by atoms with van der Waals surface area (Å²) in [6.07, 6.45) is 2.18. The van der Waals surface area contributed by atoms with Gasteiger partial charge in [0.15, 0.2) is 11.8 Å². The van der Waals surface area contributed by atoms with Crippen LogP contribution in [0.25, 0.3) is 0 Å². The number of aryl methyl sites for hydroxylation is 1. The van der Waals surface area contributed by atoms with E-state index in [4.69, 9.17) is 9.73 Å². The van der Waals surface area contributed by atoms with Crippen molar-refractivity contribution in [1.82, 2.24) is 25.4 Å². The first-order valence-electron chi connectivity index (χ1n) is 10.0. The molecule has 0 spiro atoms. The second-order valence-corrected chi connectivity index (χ2v) is 8.13. The highest BCUT2D eigenvalue weighted by Crippen LogP contribution is 2.10. The lowest BCUT2D eigenvalue weighted by Gasteiger charge is -2.21. The third-order valence-corrected chi connectivity index (χ3v) is 5.59. The average molecular weight is 535 g/mol. The smallest absolute Gasteiger partial charge is 0.191 e. The van der Waals surface area contributed by atoms with Gasteiger partial charge in [-0.3, -0.25) is 0 Å². The van der Waals surface area contributed by atoms with Crippen LogP contribution in [0.2, 0.25) is 0 Å². The lowest BCUT2D eigenvalue weighted by molar-refractivity contribution is 0.0258. The van der Waals surface area contributed by atoms with Crippen molar-refractivity contribution >= 4 is 41.3 Å². The summed E-state index contributed by atoms with van der Waals surface area (Å²) in [5.74, 6) is 3.04. The van der Waals surface area contributed by atoms with Gasteiger partial charge in [0, 0.05) is 31.6 Å². The molecule has 0 fully saturated rings. The first kappa shape index (κ1) is 25.8. The fraction of sp³-hybridized carbons (Fsp3) is 0.650. The summed E-state index contributed by atoms with van der Waals surface area (Å²) in [4.78, 5) is 6.08. The Kier molecular flexibility index (Phi) is 12.4. The molecule has 0 saturated heterocycles. The second kappa shape index (κ2) is 13.9. The number of hydrogen-bond donors (Lipinski definition) is 2. The van der Waals surface area contributed by atoms with E-state index >= 15 is 0 Å². The number of hydrogen-bond acceptors (Lipinski definition) is 5. The molecule has 2 heterocycles. The molecule has 0 aliphatic heterocycles. The van der Waals surface area contributed by atoms with Gasteiger partial charge in [-0.2, -0.15) is 0 Å². The minimum atomic E-state index is 0. The number of guanidine groups is 1. The third kappa shape index (κ3) is 9.00. The van der Waals surface area contributed by atoms with E-state index in [1.807, 2.05) is 25.5 Å². The van der Waals surface area contributed by atoms with Crippen molar-refractivity contribution in [1.29, 1.82) is 0 Å². The Balaban J connectivity index is 0.00000420. The Morgan fingerprint density at radius 3 is 2.62 bits per heavy atom. The largest absolute Gasteiger partial charge is 0.378 e. The maximum atomic E-state index is 5.84. The quantitative estimate of drug-likeness (QED) is 0.262. The molecule has 2 N–H and O–H groups in total. The number of ether oxygens (including phenoxy) is 1. The average Bonchev–Trinajstić information content (AvgIpc) is 3.29. The molecular formula is C20H35IN6OS. The molecule has 1 unspecified atom stereocenters. The van der Waals surface area contributed by atoms with Crippen LogP contribution in [0.15, 0.2) is 22.5 Å². The molecule has 1 atom stereocenters. The van der Waals surface area contributed by atoms with E-state index in [-0.39, 0.29) is 30.1 Å². The summed E-state index contributed by atoms with van der Waals surface area (Å²) in [6.45, 7) is 11.3. The molecule has 2 rings (SSSR count). The fourth-order valence-corrected chi connectivity index (χ4v) is 3.54. The van der Waals surface area contributed by atoms with Crippen LogP contribution >= 0.6 is 35.3 Å². The number of nitrogens with one attached hydrogen (secondary N) is 2. The third-order valence-electron chi connectivity index (χ3n) is 4.65. The number of rotatable bonds is 11. The van der Waals surface area contributed by atoms with Crippen molar-refractivity contribution in [3.8, 4) is 0 Å². The van der Waals surface area contributed by atoms with Gasteiger partial charge in [-0.1, -0.05) is 19.9 Å². The van der Waals surface area contributed by atoms with Gasteiger partial charge in [-0.25, -0.2) is 4.99 Å². The van der Waals surface area contributed by atoms with E-state index < -0.39 is 0 Å². The Bertz CT molecular complexity index is 717. The van der Waals surface area contributed by atoms with Crippen molar-refractivity contribution in [3.05, 3.63) is 34.0 Å². The lowest BCUT2D eigenvalue weighted by Crippen LogP contribution is -2.40. The highest BCUT2D eigenvalue weighted by molar-refractivity contribution is 14.0. The van der Waals surface area contributed by atoms with E-state index in [9.17, 15) is 0 Å². The molecule has 9 heteroatoms. The Labute approximate surface area is 195 Å². The Morgan fingerprint density at radius 2 is 2.03 bits per heavy atom. The van der Waals surface area contributed by atoms with E-state index in [0.717, 1.165) is 50.1 Å². The summed E-state index contributed by atoms with van der Waals surface area (Å²) in [5, 5.41) is 17.3. The van der Waals surface area contributed by atoms with Crippen molar-refractivity contribution in [2.45, 2.75) is 53.2 Å². The highest BCUT2D eigenvalue weighted by atomic mass is 127. The highest BCUT2D eigenvalue weighted by Gasteiger charge is 2.13. The molecule has 0 amide bonds. The van der Waals surface area contributed by atoms with Crippen molar-refractivity contribution in [2.24, 2.45) is 18.0 Å². The second-order valence-electron chi connectivity index (χ2n) is 7.10. The van der Waals surface area contributed by atoms with Gasteiger partial charge < -0.3 is 19.9 Å². The van der Waals surface area contributed by atoms with E-state index in [1.54, 1.807) is 11.3 Å². The number of thiophene rings is 1. The maximum Gasteiger partial charge on any atom is 0.191 e. The van der Waals surface area contributed by atoms with Crippen LogP contribution in [-0.2, 0) is 24.8 Å². The summed E-state index contributed by atoms with van der Waals surface area (Å²) in [7, 11) is 1.97. The summed E-state index contributed by atoms with van der Waals surface area (Å²) in [6, 6.07) is 4.25. The number of halogens is 1. The Morgan fingerprint density at radius 1 is 1.28 bits per heavy atom. The molecule has 164 valence electrons. The van der Waals surface area contributed by atoms with Gasteiger partial charge >= 0.3 is 0 Å². The molecular weight excluding hydrogens is 499 g/mol. The first-order chi connectivity index (χ1) is 13.5. The fourth-order valence-electron chi connectivity index (χ4n) is 2.83. The van der Waals surface area contributed by atoms with Gasteiger partial charge in [0.2, 0.25) is 0 Å². The zero-order chi connectivity index (χ0) is 20.4. The molecule has 0 radical (unpaired) electrons. The number of nitrogens with zero attached hydrogens (tertiary/aromatic N) is 4. The van der Waals surface area contributed by atoms with Crippen LogP contribution in [0, 0.1) is 12.8 Å². The van der Waals surface area contributed by atoms with Crippen LogP contribution in [0.3, 0.4) is 0 Å². The van der Waals surface area contributed by atoms with Crippen molar-refractivity contribution in [3.63, 3.8) is 0 Å². The maximum absolute atomic E-state index is 5.84. The SMILES string of the molecule is CCOC(CCNC(=NCc1nnc(C)n1C)NCCc1cccs1)C(C)C.I. The Hall–Kier alpha value is -1.20. The standard InChI is InChI=1S/C20H34N6OS.HI/c1-6-27-18(15(2)3)10-12-22-20(21-11-9-17-8-7-13-28-17)23-14-19-25-24-16(4)26(19)5;/h7-8,13,15,18H,6,9-12,14H2,1-5H3,(H2,21,22,23);1H. The molecule has 0 aliphatic carbocycles. The number of aliphatic imine (C=N–C) groups is 1. The van der Waals surface area contributed by atoms with Crippen LogP contribution < -0.4 is 10.6 Å². The first-order valence-corrected chi connectivity index (χ1v) is 10.9. The van der Waals surface area contributed by atoms with Crippen LogP contribution in [0.5, 0.6) is 0 Å². The van der Waals surface area contributed by atoms with Gasteiger partial charge in [-0.05, 0) is 44.1 Å². The van der Waals surface area contributed by atoms with Gasteiger partial charge in [0.25, 0.3) is 0 Å². The summed E-state index contributed by atoms with van der Waals surface area (Å²) >= 11 is 1.78. The monoisotopic (exact) mass is 534 g/mol. The predicted octanol–water partition coefficient (Wildman–Crippen LogP) is 3.53. The summed E-state index contributed by atoms with van der Waals surface area (Å²) < 4.78 is 7.81. The molecule has 29 heavy (non-hydrogen) atoms. The van der Waals surface area contributed by atoms with E-state index in [1.165, 1.54) is 4.88 Å². The minimum absolute atomic E-state index is 0. The zero-order valence-electron chi connectivity index (χ0n) is 18.1. The molecule has 0 bridgehead atoms. The number of aromatic nitrogens is 3. The predicted molar refractivity (Wildman–Crippen MR) is 131 cm³/mol. The normalized spacial score (nSPS) is 12.7. The van der Waals surface area contributed by atoms with Gasteiger partial charge in [0.1, 0.15) is 12.4 Å². The van der Waals surface area contributed by atoms with E-state index in [2.05, 4.69) is 52.2 Å². The van der Waals surface area contributed by atoms with E-state index in [0.29, 0.717) is 12.5 Å². The molecule has 0 aliphatic rings. The van der Waals surface area contributed by atoms with Crippen molar-refractivity contribution in [2.75, 3.05) is 19.7 Å². The molecule has 2 aromatic heterocycles. The topological polar surface area (TPSA) is 76.4 Å². The lowest BCUT2D eigenvalue weighted by atomic mass is 10.0. The molecule has 7 nitrogen and oxygen atoms in total. The molecule has 0 aromatic carbocycles. The molecule has 2 aromatic rings. The minimum Gasteiger partial charge on any atom is -0.378 e. The van der Waals surface area contributed by atoms with Crippen molar-refractivity contribution < 1.29 is 4.74 Å². The van der Waals surface area contributed by atoms with Crippen LogP contribution in [-0.4, -0.2) is 46.5 Å². The molecule has 0 saturated carbocycles. The van der Waals surface area contributed by atoms with Gasteiger partial charge in [0.05, 0.1) is 6.10 Å². The van der Waals surface area contributed by atoms with Gasteiger partial charge in [-0.15, -0.1) is 45.5 Å². The van der Waals surface area contributed by atoms with Crippen LogP contribution in [0.4, 0.5) is 0 Å². The van der Waals surface area contributed by atoms with Crippen LogP contribution in [0.1, 0.15) is 43.7 Å². The zero-order valence-corrected chi connectivity index (χ0v) is 21.3. The summed E-state index contributed by atoms with van der Waals surface area (Å²) in [5.41, 5.74) is 0.